The Morgan fingerprint density at radius 1 is 1.17 bits per heavy atom. The molecule has 0 aliphatic carbocycles. The quantitative estimate of drug-likeness (QED) is 0.867. The van der Waals surface area contributed by atoms with Crippen molar-refractivity contribution in [1.82, 2.24) is 14.9 Å². The maximum absolute atomic E-state index is 9.26. The van der Waals surface area contributed by atoms with E-state index in [2.05, 4.69) is 25.8 Å². The molecule has 1 fully saturated rings. The molecule has 5 nitrogen and oxygen atoms in total. The number of anilines is 1. The summed E-state index contributed by atoms with van der Waals surface area (Å²) in [5.74, 6) is 0.803. The second-order valence-corrected chi connectivity index (χ2v) is 6.10. The van der Waals surface area contributed by atoms with Crippen LogP contribution in [-0.4, -0.2) is 41.0 Å². The first-order chi connectivity index (χ1) is 11.2. The number of aromatic nitrogens is 2. The van der Waals surface area contributed by atoms with Gasteiger partial charge in [0.1, 0.15) is 11.9 Å². The van der Waals surface area contributed by atoms with Gasteiger partial charge >= 0.3 is 0 Å². The first-order valence-corrected chi connectivity index (χ1v) is 7.99. The lowest BCUT2D eigenvalue weighted by Crippen LogP contribution is -2.46. The van der Waals surface area contributed by atoms with Gasteiger partial charge in [-0.25, -0.2) is 4.98 Å². The lowest BCUT2D eigenvalue weighted by Gasteiger charge is -2.35. The third kappa shape index (κ3) is 3.79. The number of hydrogen-bond donors (Lipinski definition) is 0. The van der Waals surface area contributed by atoms with Crippen LogP contribution in [0.1, 0.15) is 17.0 Å². The maximum atomic E-state index is 9.26. The molecule has 2 aromatic heterocycles. The summed E-state index contributed by atoms with van der Waals surface area (Å²) >= 11 is 5.87. The lowest BCUT2D eigenvalue weighted by molar-refractivity contribution is 0.246. The first kappa shape index (κ1) is 15.7. The number of piperazine rings is 1. The summed E-state index contributed by atoms with van der Waals surface area (Å²) in [4.78, 5) is 13.4. The van der Waals surface area contributed by atoms with Crippen LogP contribution in [0.25, 0.3) is 0 Å². The van der Waals surface area contributed by atoms with Crippen molar-refractivity contribution in [3.05, 3.63) is 52.4 Å². The van der Waals surface area contributed by atoms with Crippen LogP contribution in [0.15, 0.2) is 30.5 Å². The van der Waals surface area contributed by atoms with E-state index in [1.165, 1.54) is 0 Å². The van der Waals surface area contributed by atoms with Crippen LogP contribution in [0, 0.1) is 18.3 Å². The van der Waals surface area contributed by atoms with Gasteiger partial charge in [-0.15, -0.1) is 0 Å². The normalized spacial score (nSPS) is 15.4. The van der Waals surface area contributed by atoms with E-state index >= 15 is 0 Å². The van der Waals surface area contributed by atoms with Crippen molar-refractivity contribution in [3.8, 4) is 6.07 Å². The molecular weight excluding hydrogens is 310 g/mol. The maximum Gasteiger partial charge on any atom is 0.146 e. The van der Waals surface area contributed by atoms with Crippen LogP contribution >= 0.6 is 11.6 Å². The molecule has 1 saturated heterocycles. The van der Waals surface area contributed by atoms with Crippen molar-refractivity contribution >= 4 is 17.4 Å². The second-order valence-electron chi connectivity index (χ2n) is 5.67. The van der Waals surface area contributed by atoms with Crippen LogP contribution in [0.2, 0.25) is 5.02 Å². The zero-order valence-corrected chi connectivity index (χ0v) is 13.8. The molecule has 3 heterocycles. The number of nitriles is 1. The summed E-state index contributed by atoms with van der Waals surface area (Å²) < 4.78 is 0. The Kier molecular flexibility index (Phi) is 4.75. The van der Waals surface area contributed by atoms with E-state index in [-0.39, 0.29) is 0 Å². The lowest BCUT2D eigenvalue weighted by atomic mass is 10.2. The van der Waals surface area contributed by atoms with Gasteiger partial charge < -0.3 is 4.90 Å². The molecule has 23 heavy (non-hydrogen) atoms. The van der Waals surface area contributed by atoms with Crippen LogP contribution in [0.4, 0.5) is 5.82 Å². The largest absolute Gasteiger partial charge is 0.353 e. The fourth-order valence-corrected chi connectivity index (χ4v) is 2.83. The summed E-state index contributed by atoms with van der Waals surface area (Å²) in [6.07, 6.45) is 1.68. The molecule has 0 amide bonds. The Morgan fingerprint density at radius 2 is 1.96 bits per heavy atom. The van der Waals surface area contributed by atoms with E-state index < -0.39 is 0 Å². The standard InChI is InChI=1S/C17H18ClN5/c1-13-2-3-14(10-19)17(21-13)23-8-6-22(7-9-23)12-16-5-4-15(18)11-20-16/h2-5,11H,6-9,12H2,1H3. The van der Waals surface area contributed by atoms with E-state index in [1.807, 2.05) is 31.2 Å². The number of hydrogen-bond acceptors (Lipinski definition) is 5. The van der Waals surface area contributed by atoms with Gasteiger partial charge in [-0.05, 0) is 31.2 Å². The van der Waals surface area contributed by atoms with Crippen LogP contribution < -0.4 is 4.90 Å². The van der Waals surface area contributed by atoms with Crippen molar-refractivity contribution in [2.75, 3.05) is 31.1 Å². The van der Waals surface area contributed by atoms with Gasteiger partial charge in [-0.3, -0.25) is 9.88 Å². The smallest absolute Gasteiger partial charge is 0.146 e. The Labute approximate surface area is 141 Å². The highest BCUT2D eigenvalue weighted by molar-refractivity contribution is 6.30. The molecule has 3 rings (SSSR count). The fourth-order valence-electron chi connectivity index (χ4n) is 2.72. The molecule has 1 aliphatic rings. The predicted molar refractivity (Wildman–Crippen MR) is 90.4 cm³/mol. The van der Waals surface area contributed by atoms with Gasteiger partial charge in [0.15, 0.2) is 0 Å². The van der Waals surface area contributed by atoms with Crippen molar-refractivity contribution in [2.24, 2.45) is 0 Å². The topological polar surface area (TPSA) is 56.1 Å². The minimum absolute atomic E-state index is 0.642. The molecule has 0 bridgehead atoms. The average molecular weight is 328 g/mol. The van der Waals surface area contributed by atoms with E-state index in [4.69, 9.17) is 11.6 Å². The summed E-state index contributed by atoms with van der Waals surface area (Å²) in [7, 11) is 0. The molecule has 1 aliphatic heterocycles. The van der Waals surface area contributed by atoms with Gasteiger partial charge in [0.2, 0.25) is 0 Å². The first-order valence-electron chi connectivity index (χ1n) is 7.61. The molecule has 6 heteroatoms. The molecule has 0 atom stereocenters. The van der Waals surface area contributed by atoms with Crippen molar-refractivity contribution < 1.29 is 0 Å². The van der Waals surface area contributed by atoms with Gasteiger partial charge in [-0.2, -0.15) is 5.26 Å². The van der Waals surface area contributed by atoms with Gasteiger partial charge in [0.05, 0.1) is 16.3 Å². The molecule has 0 saturated carbocycles. The summed E-state index contributed by atoms with van der Waals surface area (Å²) in [5.41, 5.74) is 2.60. The molecule has 0 unspecified atom stereocenters. The van der Waals surface area contributed by atoms with Crippen LogP contribution in [0.3, 0.4) is 0 Å². The Morgan fingerprint density at radius 3 is 2.61 bits per heavy atom. The minimum atomic E-state index is 0.642. The SMILES string of the molecule is Cc1ccc(C#N)c(N2CCN(Cc3ccc(Cl)cn3)CC2)n1. The van der Waals surface area contributed by atoms with E-state index in [1.54, 1.807) is 6.20 Å². The molecular formula is C17H18ClN5. The summed E-state index contributed by atoms with van der Waals surface area (Å²) in [6.45, 7) is 6.33. The number of halogens is 1. The Bertz CT molecular complexity index is 715. The Balaban J connectivity index is 1.63. The van der Waals surface area contributed by atoms with Crippen LogP contribution in [-0.2, 0) is 6.54 Å². The Hall–Kier alpha value is -2.16. The third-order valence-electron chi connectivity index (χ3n) is 3.98. The number of aryl methyl sites for hydroxylation is 1. The second kappa shape index (κ2) is 6.95. The zero-order valence-electron chi connectivity index (χ0n) is 13.0. The molecule has 0 N–H and O–H groups in total. The molecule has 118 valence electrons. The average Bonchev–Trinajstić information content (AvgIpc) is 2.58. The third-order valence-corrected chi connectivity index (χ3v) is 4.20. The summed E-state index contributed by atoms with van der Waals surface area (Å²) in [6, 6.07) is 9.80. The van der Waals surface area contributed by atoms with Crippen molar-refractivity contribution in [2.45, 2.75) is 13.5 Å². The van der Waals surface area contributed by atoms with Crippen molar-refractivity contribution in [1.29, 1.82) is 5.26 Å². The van der Waals surface area contributed by atoms with Gasteiger partial charge in [0, 0.05) is 44.6 Å². The zero-order chi connectivity index (χ0) is 16.2. The van der Waals surface area contributed by atoms with Gasteiger partial charge in [-0.1, -0.05) is 11.6 Å². The van der Waals surface area contributed by atoms with Crippen molar-refractivity contribution in [3.63, 3.8) is 0 Å². The fraction of sp³-hybridized carbons (Fsp3) is 0.353. The highest BCUT2D eigenvalue weighted by atomic mass is 35.5. The minimum Gasteiger partial charge on any atom is -0.353 e. The van der Waals surface area contributed by atoms with E-state index in [9.17, 15) is 5.26 Å². The molecule has 0 radical (unpaired) electrons. The number of rotatable bonds is 3. The number of pyridine rings is 2. The number of nitrogens with zero attached hydrogens (tertiary/aromatic N) is 5. The molecule has 2 aromatic rings. The molecule has 0 spiro atoms. The predicted octanol–water partition coefficient (Wildman–Crippen LogP) is 2.63. The van der Waals surface area contributed by atoms with E-state index in [0.29, 0.717) is 10.6 Å². The van der Waals surface area contributed by atoms with E-state index in [0.717, 1.165) is 49.9 Å². The summed E-state index contributed by atoms with van der Waals surface area (Å²) in [5, 5.41) is 9.92. The highest BCUT2D eigenvalue weighted by Crippen LogP contribution is 2.20. The van der Waals surface area contributed by atoms with Gasteiger partial charge in [0.25, 0.3) is 0 Å². The monoisotopic (exact) mass is 327 g/mol. The molecule has 0 aromatic carbocycles. The van der Waals surface area contributed by atoms with Crippen LogP contribution in [0.5, 0.6) is 0 Å². The highest BCUT2D eigenvalue weighted by Gasteiger charge is 2.20.